The Balaban J connectivity index is 2.62. The topological polar surface area (TPSA) is 147 Å². The van der Waals surface area contributed by atoms with Crippen molar-refractivity contribution >= 4 is 5.91 Å². The molecule has 5 N–H and O–H groups in total. The van der Waals surface area contributed by atoms with Gasteiger partial charge in [-0.25, -0.2) is 0 Å². The molecule has 29 heavy (non-hydrogen) atoms. The van der Waals surface area contributed by atoms with Gasteiger partial charge in [0.2, 0.25) is 5.91 Å². The Hall–Kier alpha value is -2.03. The van der Waals surface area contributed by atoms with Crippen LogP contribution in [0.4, 0.5) is 0 Å². The lowest BCUT2D eigenvalue weighted by atomic mass is 9.92. The van der Waals surface area contributed by atoms with Crippen molar-refractivity contribution in [2.24, 2.45) is 5.73 Å². The molecule has 0 aliphatic rings. The van der Waals surface area contributed by atoms with Crippen LogP contribution in [0.1, 0.15) is 74.2 Å². The van der Waals surface area contributed by atoms with Gasteiger partial charge >= 0.3 is 0 Å². The second kappa shape index (κ2) is 13.2. The number of benzene rings is 1. The number of nitrogens with two attached hydrogens (primary N) is 1. The van der Waals surface area contributed by atoms with Gasteiger partial charge in [-0.2, -0.15) is 0 Å². The monoisotopic (exact) mass is 410 g/mol. The highest BCUT2D eigenvalue weighted by Crippen LogP contribution is 2.19. The Bertz CT molecular complexity index is 639. The number of carbonyl (C=O) groups excluding carboxylic acids is 1. The largest absolute Gasteiger partial charge is 0.393 e. The number of hydrogen-bond donors (Lipinski definition) is 4. The van der Waals surface area contributed by atoms with Crippen LogP contribution >= 0.6 is 0 Å². The Labute approximate surface area is 171 Å². The van der Waals surface area contributed by atoms with E-state index in [4.69, 9.17) is 5.73 Å². The maximum absolute atomic E-state index is 11.5. The van der Waals surface area contributed by atoms with Crippen LogP contribution in [-0.2, 0) is 6.42 Å². The lowest BCUT2D eigenvalue weighted by Gasteiger charge is -2.23. The van der Waals surface area contributed by atoms with Crippen LogP contribution in [0.2, 0.25) is 0 Å². The van der Waals surface area contributed by atoms with Gasteiger partial charge in [0.15, 0.2) is 0 Å². The lowest BCUT2D eigenvalue weighted by Crippen LogP contribution is -2.46. The number of primary amides is 1. The van der Waals surface area contributed by atoms with E-state index in [2.05, 4.69) is 6.92 Å². The molecule has 0 saturated heterocycles. The van der Waals surface area contributed by atoms with Crippen molar-refractivity contribution in [1.29, 1.82) is 0 Å². The standard InChI is InChI=1S/C21H34N2O6/c1-2-3-4-5-6-7-11-16(24)14-19(26)20(23(28)29)18(25)13-15-10-8-9-12-17(15)21(22)27/h8-10,12,16,18-20,24-26H,2-7,11,13-14H2,1H3,(H2,22,27). The predicted molar refractivity (Wildman–Crippen MR) is 110 cm³/mol. The van der Waals surface area contributed by atoms with Crippen LogP contribution in [0.15, 0.2) is 24.3 Å². The highest BCUT2D eigenvalue weighted by molar-refractivity contribution is 5.94. The molecule has 8 nitrogen and oxygen atoms in total. The third-order valence-electron chi connectivity index (χ3n) is 5.15. The molecule has 4 unspecified atom stereocenters. The van der Waals surface area contributed by atoms with Crippen LogP contribution in [0.5, 0.6) is 0 Å². The number of amides is 1. The molecule has 4 atom stereocenters. The Morgan fingerprint density at radius 3 is 2.31 bits per heavy atom. The summed E-state index contributed by atoms with van der Waals surface area (Å²) in [5.41, 5.74) is 5.85. The summed E-state index contributed by atoms with van der Waals surface area (Å²) in [5, 5.41) is 42.2. The summed E-state index contributed by atoms with van der Waals surface area (Å²) < 4.78 is 0. The molecule has 0 aliphatic heterocycles. The van der Waals surface area contributed by atoms with E-state index in [-0.39, 0.29) is 18.4 Å². The fourth-order valence-electron chi connectivity index (χ4n) is 3.52. The molecule has 0 bridgehead atoms. The summed E-state index contributed by atoms with van der Waals surface area (Å²) in [4.78, 5) is 22.2. The maximum atomic E-state index is 11.5. The van der Waals surface area contributed by atoms with Crippen molar-refractivity contribution in [1.82, 2.24) is 0 Å². The van der Waals surface area contributed by atoms with Crippen LogP contribution in [0.25, 0.3) is 0 Å². The fourth-order valence-corrected chi connectivity index (χ4v) is 3.52. The molecule has 1 rings (SSSR count). The molecule has 0 spiro atoms. The number of nitro groups is 1. The molecule has 0 aliphatic carbocycles. The minimum Gasteiger partial charge on any atom is -0.393 e. The first-order chi connectivity index (χ1) is 13.8. The first-order valence-corrected chi connectivity index (χ1v) is 10.3. The summed E-state index contributed by atoms with van der Waals surface area (Å²) in [6, 6.07) is 4.60. The van der Waals surface area contributed by atoms with E-state index in [1.807, 2.05) is 0 Å². The van der Waals surface area contributed by atoms with Gasteiger partial charge in [-0.3, -0.25) is 14.9 Å². The van der Waals surface area contributed by atoms with Gasteiger partial charge in [-0.15, -0.1) is 0 Å². The van der Waals surface area contributed by atoms with Crippen LogP contribution in [-0.4, -0.2) is 50.5 Å². The third kappa shape index (κ3) is 8.89. The number of aliphatic hydroxyl groups excluding tert-OH is 3. The van der Waals surface area contributed by atoms with Crippen molar-refractivity contribution in [3.8, 4) is 0 Å². The van der Waals surface area contributed by atoms with E-state index in [0.717, 1.165) is 32.1 Å². The van der Waals surface area contributed by atoms with Gasteiger partial charge in [0.25, 0.3) is 6.04 Å². The quantitative estimate of drug-likeness (QED) is 0.198. The van der Waals surface area contributed by atoms with E-state index in [0.29, 0.717) is 12.0 Å². The zero-order valence-electron chi connectivity index (χ0n) is 17.1. The molecular weight excluding hydrogens is 376 g/mol. The second-order valence-corrected chi connectivity index (χ2v) is 7.58. The summed E-state index contributed by atoms with van der Waals surface area (Å²) in [5.74, 6) is -0.694. The van der Waals surface area contributed by atoms with E-state index < -0.39 is 35.2 Å². The average molecular weight is 411 g/mol. The molecule has 0 aromatic heterocycles. The summed E-state index contributed by atoms with van der Waals surface area (Å²) in [6.07, 6.45) is 2.50. The van der Waals surface area contributed by atoms with Crippen molar-refractivity contribution in [2.75, 3.05) is 0 Å². The van der Waals surface area contributed by atoms with Gasteiger partial charge in [0.05, 0.1) is 6.10 Å². The second-order valence-electron chi connectivity index (χ2n) is 7.58. The lowest BCUT2D eigenvalue weighted by molar-refractivity contribution is -0.546. The highest BCUT2D eigenvalue weighted by Gasteiger charge is 2.38. The first-order valence-electron chi connectivity index (χ1n) is 10.3. The Kier molecular flexibility index (Phi) is 11.4. The average Bonchev–Trinajstić information content (AvgIpc) is 2.64. The first kappa shape index (κ1) is 25.0. The predicted octanol–water partition coefficient (Wildman–Crippen LogP) is 2.20. The number of unbranched alkanes of at least 4 members (excludes halogenated alkanes) is 5. The van der Waals surface area contributed by atoms with Gasteiger partial charge < -0.3 is 21.1 Å². The fraction of sp³-hybridized carbons (Fsp3) is 0.667. The van der Waals surface area contributed by atoms with E-state index in [1.165, 1.54) is 12.5 Å². The number of nitrogens with zero attached hydrogens (tertiary/aromatic N) is 1. The smallest absolute Gasteiger partial charge is 0.264 e. The highest BCUT2D eigenvalue weighted by atomic mass is 16.6. The van der Waals surface area contributed by atoms with E-state index in [1.54, 1.807) is 18.2 Å². The molecule has 0 fully saturated rings. The zero-order valence-corrected chi connectivity index (χ0v) is 17.1. The third-order valence-corrected chi connectivity index (χ3v) is 5.15. The minimum absolute atomic E-state index is 0.172. The molecule has 8 heteroatoms. The molecule has 1 amide bonds. The summed E-state index contributed by atoms with van der Waals surface area (Å²) in [6.45, 7) is 2.14. The van der Waals surface area contributed by atoms with Crippen LogP contribution in [0, 0.1) is 10.1 Å². The Morgan fingerprint density at radius 2 is 1.69 bits per heavy atom. The normalized spacial score (nSPS) is 15.4. The molecule has 0 saturated carbocycles. The minimum atomic E-state index is -1.67. The number of rotatable bonds is 15. The summed E-state index contributed by atoms with van der Waals surface area (Å²) in [7, 11) is 0. The molecular formula is C21H34N2O6. The van der Waals surface area contributed by atoms with E-state index >= 15 is 0 Å². The van der Waals surface area contributed by atoms with E-state index in [9.17, 15) is 30.2 Å². The van der Waals surface area contributed by atoms with Crippen molar-refractivity contribution in [2.45, 2.75) is 89.1 Å². The SMILES string of the molecule is CCCCCCCCC(O)CC(O)C(C(O)Cc1ccccc1C(N)=O)[N+](=O)[O-]. The maximum Gasteiger partial charge on any atom is 0.264 e. The molecule has 0 radical (unpaired) electrons. The zero-order chi connectivity index (χ0) is 21.8. The van der Waals surface area contributed by atoms with Crippen molar-refractivity contribution < 1.29 is 25.0 Å². The van der Waals surface area contributed by atoms with Gasteiger partial charge in [0, 0.05) is 23.3 Å². The van der Waals surface area contributed by atoms with Crippen molar-refractivity contribution in [3.05, 3.63) is 45.5 Å². The Morgan fingerprint density at radius 1 is 1.07 bits per heavy atom. The molecule has 1 aromatic rings. The molecule has 1 aromatic carbocycles. The van der Waals surface area contributed by atoms with Crippen LogP contribution in [0.3, 0.4) is 0 Å². The molecule has 0 heterocycles. The number of hydrogen-bond acceptors (Lipinski definition) is 6. The summed E-state index contributed by atoms with van der Waals surface area (Å²) >= 11 is 0. The van der Waals surface area contributed by atoms with Crippen molar-refractivity contribution in [3.63, 3.8) is 0 Å². The number of aliphatic hydroxyl groups is 3. The van der Waals surface area contributed by atoms with Gasteiger partial charge in [0.1, 0.15) is 12.2 Å². The van der Waals surface area contributed by atoms with Crippen LogP contribution < -0.4 is 5.73 Å². The van der Waals surface area contributed by atoms with Gasteiger partial charge in [-0.05, 0) is 18.1 Å². The number of carbonyl (C=O) groups is 1. The van der Waals surface area contributed by atoms with Gasteiger partial charge in [-0.1, -0.05) is 63.6 Å². The molecule has 164 valence electrons.